The van der Waals surface area contributed by atoms with E-state index in [1.165, 1.54) is 6.08 Å². The fraction of sp³-hybridized carbons (Fsp3) is 0. The zero-order chi connectivity index (χ0) is 9.90. The lowest BCUT2D eigenvalue weighted by atomic mass is 10.2. The lowest BCUT2D eigenvalue weighted by Crippen LogP contribution is -1.90. The van der Waals surface area contributed by atoms with Gasteiger partial charge < -0.3 is 10.3 Å². The third-order valence-electron chi connectivity index (χ3n) is 1.34. The molecule has 70 valence electrons. The highest BCUT2D eigenvalue weighted by atomic mass is 32.2. The van der Waals surface area contributed by atoms with Crippen molar-refractivity contribution in [2.75, 3.05) is 5.73 Å². The molecule has 0 amide bonds. The van der Waals surface area contributed by atoms with Crippen molar-refractivity contribution in [1.82, 2.24) is 0 Å². The van der Waals surface area contributed by atoms with Crippen LogP contribution in [-0.4, -0.2) is 13.0 Å². The Morgan fingerprint density at radius 3 is 2.62 bits per heavy atom. The quantitative estimate of drug-likeness (QED) is 0.562. The second-order valence-corrected chi connectivity index (χ2v) is 3.72. The van der Waals surface area contributed by atoms with Crippen LogP contribution >= 0.6 is 0 Å². The molecular weight excluding hydrogens is 190 g/mol. The van der Waals surface area contributed by atoms with E-state index in [-0.39, 0.29) is 0 Å². The molecule has 0 aliphatic rings. The van der Waals surface area contributed by atoms with E-state index in [4.69, 9.17) is 5.73 Å². The normalized spacial score (nSPS) is 12.1. The first-order valence-corrected chi connectivity index (χ1v) is 4.94. The van der Waals surface area contributed by atoms with Gasteiger partial charge in [0, 0.05) is 11.1 Å². The topological polar surface area (TPSA) is 83.2 Å². The number of nitrogens with two attached hydrogens (primary N) is 1. The number of anilines is 1. The van der Waals surface area contributed by atoms with E-state index in [1.807, 2.05) is 0 Å². The standard InChI is InChI=1S/C8H9NO3S/c9-8-3-1-2-7(6-8)4-5-13(10,11)12/h1-6H,9H2,(H,10,11,12)/p-1/b5-4+. The van der Waals surface area contributed by atoms with Gasteiger partial charge in [-0.1, -0.05) is 12.1 Å². The van der Waals surface area contributed by atoms with Crippen LogP contribution < -0.4 is 5.73 Å². The summed E-state index contributed by atoms with van der Waals surface area (Å²) in [6.07, 6.45) is 1.21. The molecule has 4 nitrogen and oxygen atoms in total. The van der Waals surface area contributed by atoms with Crippen LogP contribution in [-0.2, 0) is 10.1 Å². The van der Waals surface area contributed by atoms with E-state index < -0.39 is 10.1 Å². The minimum absolute atomic E-state index is 0.519. The van der Waals surface area contributed by atoms with E-state index in [9.17, 15) is 13.0 Å². The third-order valence-corrected chi connectivity index (χ3v) is 1.81. The Morgan fingerprint density at radius 1 is 1.38 bits per heavy atom. The lowest BCUT2D eigenvalue weighted by Gasteiger charge is -1.99. The number of benzene rings is 1. The fourth-order valence-electron chi connectivity index (χ4n) is 0.825. The second-order valence-electron chi connectivity index (χ2n) is 2.47. The van der Waals surface area contributed by atoms with Crippen LogP contribution in [0.2, 0.25) is 0 Å². The van der Waals surface area contributed by atoms with Gasteiger partial charge in [0.1, 0.15) is 10.1 Å². The smallest absolute Gasteiger partial charge is 0.117 e. The molecule has 5 heteroatoms. The SMILES string of the molecule is Nc1cccc(/C=C/S(=O)(=O)[O-])c1. The Hall–Kier alpha value is -1.33. The summed E-state index contributed by atoms with van der Waals surface area (Å²) in [6, 6.07) is 6.56. The van der Waals surface area contributed by atoms with Gasteiger partial charge in [-0.25, -0.2) is 8.42 Å². The largest absolute Gasteiger partial charge is 0.744 e. The van der Waals surface area contributed by atoms with Crippen LogP contribution in [0, 0.1) is 0 Å². The van der Waals surface area contributed by atoms with Gasteiger partial charge >= 0.3 is 0 Å². The molecule has 2 N–H and O–H groups in total. The summed E-state index contributed by atoms with van der Waals surface area (Å²) >= 11 is 0. The molecule has 0 saturated carbocycles. The second kappa shape index (κ2) is 3.59. The molecule has 0 heterocycles. The Balaban J connectivity index is 2.93. The third kappa shape index (κ3) is 3.73. The predicted octanol–water partition coefficient (Wildman–Crippen LogP) is 0.785. The predicted molar refractivity (Wildman–Crippen MR) is 49.6 cm³/mol. The highest BCUT2D eigenvalue weighted by Crippen LogP contribution is 2.08. The van der Waals surface area contributed by atoms with Crippen LogP contribution in [0.1, 0.15) is 5.56 Å². The Labute approximate surface area is 76.4 Å². The van der Waals surface area contributed by atoms with E-state index in [2.05, 4.69) is 0 Å². The maximum atomic E-state index is 10.2. The maximum absolute atomic E-state index is 10.2. The molecule has 0 bridgehead atoms. The van der Waals surface area contributed by atoms with Crippen molar-refractivity contribution in [2.24, 2.45) is 0 Å². The molecule has 0 unspecified atom stereocenters. The molecule has 0 aliphatic heterocycles. The summed E-state index contributed by atoms with van der Waals surface area (Å²) in [4.78, 5) is 0. The fourth-order valence-corrected chi connectivity index (χ4v) is 1.15. The summed E-state index contributed by atoms with van der Waals surface area (Å²) in [6.45, 7) is 0. The summed E-state index contributed by atoms with van der Waals surface area (Å²) in [5.74, 6) is 0. The van der Waals surface area contributed by atoms with Gasteiger partial charge in [-0.2, -0.15) is 0 Å². The average molecular weight is 198 g/mol. The lowest BCUT2D eigenvalue weighted by molar-refractivity contribution is 0.474. The number of hydrogen-bond acceptors (Lipinski definition) is 4. The van der Waals surface area contributed by atoms with Gasteiger partial charge in [0.05, 0.1) is 0 Å². The van der Waals surface area contributed by atoms with E-state index >= 15 is 0 Å². The summed E-state index contributed by atoms with van der Waals surface area (Å²) in [7, 11) is -4.31. The summed E-state index contributed by atoms with van der Waals surface area (Å²) in [5.41, 5.74) is 6.54. The first-order chi connectivity index (χ1) is 5.97. The van der Waals surface area contributed by atoms with Crippen molar-refractivity contribution < 1.29 is 13.0 Å². The van der Waals surface area contributed by atoms with Gasteiger partial charge in [0.15, 0.2) is 0 Å². The first kappa shape index (κ1) is 9.76. The molecule has 0 spiro atoms. The van der Waals surface area contributed by atoms with Crippen LogP contribution in [0.25, 0.3) is 6.08 Å². The Kier molecular flexibility index (Phi) is 2.69. The molecule has 0 aromatic heterocycles. The minimum atomic E-state index is -4.31. The van der Waals surface area contributed by atoms with E-state index in [0.717, 1.165) is 0 Å². The Bertz CT molecular complexity index is 423. The molecule has 0 aliphatic carbocycles. The van der Waals surface area contributed by atoms with Gasteiger partial charge in [-0.15, -0.1) is 0 Å². The molecule has 0 fully saturated rings. The van der Waals surface area contributed by atoms with Crippen molar-refractivity contribution >= 4 is 21.9 Å². The van der Waals surface area contributed by atoms with E-state index in [1.54, 1.807) is 24.3 Å². The molecular formula is C8H8NO3S-. The van der Waals surface area contributed by atoms with Crippen LogP contribution in [0.3, 0.4) is 0 Å². The van der Waals surface area contributed by atoms with Crippen molar-refractivity contribution in [3.8, 4) is 0 Å². The van der Waals surface area contributed by atoms with E-state index in [0.29, 0.717) is 16.7 Å². The molecule has 1 aromatic carbocycles. The van der Waals surface area contributed by atoms with Gasteiger partial charge in [-0.3, -0.25) is 0 Å². The van der Waals surface area contributed by atoms with Crippen molar-refractivity contribution in [3.63, 3.8) is 0 Å². The number of nitrogen functional groups attached to an aromatic ring is 1. The van der Waals surface area contributed by atoms with Gasteiger partial charge in [0.2, 0.25) is 0 Å². The zero-order valence-corrected chi connectivity index (χ0v) is 7.49. The molecule has 1 aromatic rings. The van der Waals surface area contributed by atoms with Crippen LogP contribution in [0.5, 0.6) is 0 Å². The van der Waals surface area contributed by atoms with Gasteiger partial charge in [-0.05, 0) is 23.8 Å². The van der Waals surface area contributed by atoms with Crippen molar-refractivity contribution in [1.29, 1.82) is 0 Å². The summed E-state index contributed by atoms with van der Waals surface area (Å²) < 4.78 is 30.6. The first-order valence-electron chi connectivity index (χ1n) is 3.47. The zero-order valence-electron chi connectivity index (χ0n) is 6.67. The summed E-state index contributed by atoms with van der Waals surface area (Å²) in [5, 5.41) is 0.599. The number of hydrogen-bond donors (Lipinski definition) is 1. The van der Waals surface area contributed by atoms with Crippen LogP contribution in [0.15, 0.2) is 29.7 Å². The number of rotatable bonds is 2. The Morgan fingerprint density at radius 2 is 2.08 bits per heavy atom. The van der Waals surface area contributed by atoms with Crippen molar-refractivity contribution in [3.05, 3.63) is 35.2 Å². The molecule has 0 saturated heterocycles. The molecule has 0 atom stereocenters. The highest BCUT2D eigenvalue weighted by molar-refractivity contribution is 7.88. The van der Waals surface area contributed by atoms with Crippen LogP contribution in [0.4, 0.5) is 5.69 Å². The average Bonchev–Trinajstić information content (AvgIpc) is 2.00. The maximum Gasteiger partial charge on any atom is 0.117 e. The molecule has 1 rings (SSSR count). The van der Waals surface area contributed by atoms with Crippen molar-refractivity contribution in [2.45, 2.75) is 0 Å². The van der Waals surface area contributed by atoms with Gasteiger partial charge in [0.25, 0.3) is 0 Å². The highest BCUT2D eigenvalue weighted by Gasteiger charge is 1.89. The molecule has 13 heavy (non-hydrogen) atoms. The monoisotopic (exact) mass is 198 g/mol. The molecule has 0 radical (unpaired) electrons. The minimum Gasteiger partial charge on any atom is -0.744 e.